The fraction of sp³-hybridized carbons (Fsp3) is 0.812. The van der Waals surface area contributed by atoms with Gasteiger partial charge in [0, 0.05) is 12.3 Å². The van der Waals surface area contributed by atoms with Crippen molar-refractivity contribution in [3.8, 4) is 0 Å². The zero-order valence-corrected chi connectivity index (χ0v) is 14.5. The Labute approximate surface area is 138 Å². The van der Waals surface area contributed by atoms with Crippen LogP contribution in [0.4, 0.5) is 0 Å². The Morgan fingerprint density at radius 1 is 1.43 bits per heavy atom. The summed E-state index contributed by atoms with van der Waals surface area (Å²) in [6, 6.07) is 0. The van der Waals surface area contributed by atoms with E-state index in [0.717, 1.165) is 43.6 Å². The number of Topliss-reactive ketones (excluding diaryl/α,β-unsaturated/α-hetero) is 1. The SMILES string of the molecule is CCCCC[C@H](O)/C=C/[C@H]1[C@H](O)CC(=O)[C@@H]1SCCCS. The summed E-state index contributed by atoms with van der Waals surface area (Å²) in [6.45, 7) is 2.13. The highest BCUT2D eigenvalue weighted by molar-refractivity contribution is 8.00. The summed E-state index contributed by atoms with van der Waals surface area (Å²) in [5.74, 6) is 1.66. The first kappa shape index (κ1) is 19.1. The predicted molar refractivity (Wildman–Crippen MR) is 93.1 cm³/mol. The predicted octanol–water partition coefficient (Wildman–Crippen LogP) is 2.86. The summed E-state index contributed by atoms with van der Waals surface area (Å²) in [5.41, 5.74) is 0. The van der Waals surface area contributed by atoms with Crippen LogP contribution in [0.25, 0.3) is 0 Å². The molecular formula is C16H28O3S2. The number of aliphatic hydroxyl groups excluding tert-OH is 2. The number of hydrogen-bond donors (Lipinski definition) is 3. The molecule has 5 heteroatoms. The summed E-state index contributed by atoms with van der Waals surface area (Å²) >= 11 is 5.78. The molecule has 1 rings (SSSR count). The number of ketones is 1. The number of aliphatic hydroxyl groups is 2. The number of rotatable bonds is 10. The molecule has 2 N–H and O–H groups in total. The Bertz CT molecular complexity index is 333. The van der Waals surface area contributed by atoms with E-state index >= 15 is 0 Å². The standard InChI is InChI=1S/C16H28O3S2/c1-2-3-4-6-12(17)7-8-13-14(18)11-15(19)16(13)21-10-5-9-20/h7-8,12-14,16-18,20H,2-6,9-11H2,1H3/b8-7+/t12-,13-,14+,16+/m0/s1. The molecule has 3 nitrogen and oxygen atoms in total. The number of hydrogen-bond acceptors (Lipinski definition) is 5. The highest BCUT2D eigenvalue weighted by Crippen LogP contribution is 2.34. The number of carbonyl (C=O) groups excluding carboxylic acids is 1. The molecule has 0 spiro atoms. The smallest absolute Gasteiger partial charge is 0.149 e. The van der Waals surface area contributed by atoms with Gasteiger partial charge in [0.15, 0.2) is 0 Å². The fourth-order valence-corrected chi connectivity index (χ4v) is 4.25. The molecule has 1 saturated carbocycles. The molecule has 0 amide bonds. The van der Waals surface area contributed by atoms with Crippen LogP contribution >= 0.6 is 24.4 Å². The van der Waals surface area contributed by atoms with Crippen molar-refractivity contribution in [2.24, 2.45) is 5.92 Å². The van der Waals surface area contributed by atoms with Crippen LogP contribution in [0.15, 0.2) is 12.2 Å². The molecule has 0 radical (unpaired) electrons. The molecule has 21 heavy (non-hydrogen) atoms. The average Bonchev–Trinajstić information content (AvgIpc) is 2.71. The minimum atomic E-state index is -0.606. The van der Waals surface area contributed by atoms with Crippen molar-refractivity contribution < 1.29 is 15.0 Å². The molecule has 122 valence electrons. The highest BCUT2D eigenvalue weighted by Gasteiger charge is 2.40. The second-order valence-electron chi connectivity index (χ2n) is 5.63. The molecule has 0 saturated heterocycles. The summed E-state index contributed by atoms with van der Waals surface area (Å²) in [4.78, 5) is 11.9. The molecule has 0 aromatic heterocycles. The quantitative estimate of drug-likeness (QED) is 0.327. The molecule has 4 atom stereocenters. The van der Waals surface area contributed by atoms with Gasteiger partial charge in [-0.3, -0.25) is 4.79 Å². The van der Waals surface area contributed by atoms with E-state index in [1.54, 1.807) is 17.8 Å². The lowest BCUT2D eigenvalue weighted by atomic mass is 10.0. The van der Waals surface area contributed by atoms with E-state index < -0.39 is 12.2 Å². The third-order valence-corrected chi connectivity index (χ3v) is 5.56. The topological polar surface area (TPSA) is 57.5 Å². The van der Waals surface area contributed by atoms with Crippen molar-refractivity contribution in [2.45, 2.75) is 62.9 Å². The molecule has 1 aliphatic carbocycles. The van der Waals surface area contributed by atoms with Crippen LogP contribution in [0, 0.1) is 5.92 Å². The first-order valence-corrected chi connectivity index (χ1v) is 9.57. The Morgan fingerprint density at radius 3 is 2.86 bits per heavy atom. The Balaban J connectivity index is 2.49. The molecule has 0 aromatic carbocycles. The molecule has 0 heterocycles. The van der Waals surface area contributed by atoms with Crippen LogP contribution in [0.3, 0.4) is 0 Å². The van der Waals surface area contributed by atoms with Gasteiger partial charge < -0.3 is 10.2 Å². The maximum atomic E-state index is 11.9. The minimum absolute atomic E-state index is 0.127. The van der Waals surface area contributed by atoms with Gasteiger partial charge in [-0.2, -0.15) is 12.6 Å². The van der Waals surface area contributed by atoms with Crippen LogP contribution in [-0.4, -0.2) is 45.0 Å². The van der Waals surface area contributed by atoms with Crippen LogP contribution in [0.5, 0.6) is 0 Å². The van der Waals surface area contributed by atoms with E-state index in [2.05, 4.69) is 19.6 Å². The minimum Gasteiger partial charge on any atom is -0.392 e. The Morgan fingerprint density at radius 2 is 2.19 bits per heavy atom. The maximum absolute atomic E-state index is 11.9. The number of thioether (sulfide) groups is 1. The van der Waals surface area contributed by atoms with Crippen molar-refractivity contribution in [3.05, 3.63) is 12.2 Å². The van der Waals surface area contributed by atoms with Crippen molar-refractivity contribution in [3.63, 3.8) is 0 Å². The third kappa shape index (κ3) is 6.76. The zero-order chi connectivity index (χ0) is 15.7. The Kier molecular flexibility index (Phi) is 9.73. The van der Waals surface area contributed by atoms with Crippen molar-refractivity contribution in [1.82, 2.24) is 0 Å². The number of thiol groups is 1. The average molecular weight is 333 g/mol. The molecule has 0 aliphatic heterocycles. The summed E-state index contributed by atoms with van der Waals surface area (Å²) < 4.78 is 0. The second kappa shape index (κ2) is 10.7. The van der Waals surface area contributed by atoms with Gasteiger partial charge in [0.25, 0.3) is 0 Å². The molecule has 0 bridgehead atoms. The van der Waals surface area contributed by atoms with E-state index in [1.807, 2.05) is 6.08 Å². The molecule has 0 aromatic rings. The van der Waals surface area contributed by atoms with E-state index in [0.29, 0.717) is 0 Å². The molecular weight excluding hydrogens is 304 g/mol. The van der Waals surface area contributed by atoms with Gasteiger partial charge >= 0.3 is 0 Å². The van der Waals surface area contributed by atoms with E-state index in [1.165, 1.54) is 0 Å². The third-order valence-electron chi connectivity index (χ3n) is 3.78. The fourth-order valence-electron chi connectivity index (χ4n) is 2.54. The van der Waals surface area contributed by atoms with E-state index in [9.17, 15) is 15.0 Å². The summed E-state index contributed by atoms with van der Waals surface area (Å²) in [6.07, 6.45) is 7.75. The Hall–Kier alpha value is 0.0300. The van der Waals surface area contributed by atoms with Gasteiger partial charge in [-0.05, 0) is 24.3 Å². The second-order valence-corrected chi connectivity index (χ2v) is 7.33. The van der Waals surface area contributed by atoms with Crippen LogP contribution in [-0.2, 0) is 4.79 Å². The first-order valence-electron chi connectivity index (χ1n) is 7.89. The van der Waals surface area contributed by atoms with E-state index in [4.69, 9.17) is 0 Å². The number of unbranched alkanes of at least 4 members (excludes halogenated alkanes) is 2. The van der Waals surface area contributed by atoms with Gasteiger partial charge in [0.2, 0.25) is 0 Å². The van der Waals surface area contributed by atoms with Crippen LogP contribution in [0.2, 0.25) is 0 Å². The molecule has 0 unspecified atom stereocenters. The van der Waals surface area contributed by atoms with Gasteiger partial charge in [0.05, 0.1) is 17.5 Å². The summed E-state index contributed by atoms with van der Waals surface area (Å²) in [5, 5.41) is 19.8. The van der Waals surface area contributed by atoms with Crippen molar-refractivity contribution in [1.29, 1.82) is 0 Å². The molecule has 1 fully saturated rings. The van der Waals surface area contributed by atoms with Crippen LogP contribution in [0.1, 0.15) is 45.4 Å². The monoisotopic (exact) mass is 332 g/mol. The lowest BCUT2D eigenvalue weighted by Gasteiger charge is -2.17. The van der Waals surface area contributed by atoms with Crippen molar-refractivity contribution >= 4 is 30.2 Å². The maximum Gasteiger partial charge on any atom is 0.149 e. The highest BCUT2D eigenvalue weighted by atomic mass is 32.2. The first-order chi connectivity index (χ1) is 10.1. The van der Waals surface area contributed by atoms with Gasteiger partial charge in [-0.1, -0.05) is 38.3 Å². The number of carbonyl (C=O) groups is 1. The largest absolute Gasteiger partial charge is 0.392 e. The van der Waals surface area contributed by atoms with Crippen molar-refractivity contribution in [2.75, 3.05) is 11.5 Å². The lowest BCUT2D eigenvalue weighted by molar-refractivity contribution is -0.117. The molecule has 1 aliphatic rings. The van der Waals surface area contributed by atoms with Gasteiger partial charge in [-0.25, -0.2) is 0 Å². The summed E-state index contributed by atoms with van der Waals surface area (Å²) in [7, 11) is 0. The van der Waals surface area contributed by atoms with Crippen LogP contribution < -0.4 is 0 Å². The normalized spacial score (nSPS) is 27.6. The van der Waals surface area contributed by atoms with Gasteiger partial charge in [0.1, 0.15) is 5.78 Å². The lowest BCUT2D eigenvalue weighted by Crippen LogP contribution is -2.22. The zero-order valence-electron chi connectivity index (χ0n) is 12.8. The van der Waals surface area contributed by atoms with Gasteiger partial charge in [-0.15, -0.1) is 11.8 Å². The van der Waals surface area contributed by atoms with E-state index in [-0.39, 0.29) is 23.4 Å².